The summed E-state index contributed by atoms with van der Waals surface area (Å²) in [6.45, 7) is 4.00. The molecule has 0 saturated carbocycles. The molecule has 1 rings (SSSR count). The van der Waals surface area contributed by atoms with Crippen LogP contribution in [0.5, 0.6) is 0 Å². The van der Waals surface area contributed by atoms with Crippen molar-refractivity contribution in [2.75, 3.05) is 6.26 Å². The SMILES string of the molecule is CC.CSc1ccc(SC(F)(F)F)cc1C(=O)O. The van der Waals surface area contributed by atoms with Gasteiger partial charge in [-0.05, 0) is 36.2 Å². The van der Waals surface area contributed by atoms with Gasteiger partial charge in [-0.2, -0.15) is 13.2 Å². The second kappa shape index (κ2) is 7.58. The van der Waals surface area contributed by atoms with E-state index in [1.807, 2.05) is 13.8 Å². The number of carbonyl (C=O) groups is 1. The predicted molar refractivity (Wildman–Crippen MR) is 68.4 cm³/mol. The second-order valence-corrected chi connectivity index (χ2v) is 4.70. The van der Waals surface area contributed by atoms with Crippen molar-refractivity contribution in [3.8, 4) is 0 Å². The van der Waals surface area contributed by atoms with Crippen LogP contribution in [-0.4, -0.2) is 22.8 Å². The van der Waals surface area contributed by atoms with Crippen LogP contribution < -0.4 is 0 Å². The molecule has 102 valence electrons. The van der Waals surface area contributed by atoms with Crippen molar-refractivity contribution in [3.63, 3.8) is 0 Å². The van der Waals surface area contributed by atoms with Gasteiger partial charge in [-0.1, -0.05) is 13.8 Å². The Hall–Kier alpha value is -0.820. The van der Waals surface area contributed by atoms with Gasteiger partial charge in [0.2, 0.25) is 0 Å². The van der Waals surface area contributed by atoms with Crippen LogP contribution in [0.3, 0.4) is 0 Å². The third-order valence-corrected chi connectivity index (χ3v) is 3.15. The topological polar surface area (TPSA) is 37.3 Å². The molecule has 0 saturated heterocycles. The average Bonchev–Trinajstić information content (AvgIpc) is 2.29. The van der Waals surface area contributed by atoms with E-state index in [0.29, 0.717) is 4.90 Å². The number of rotatable bonds is 3. The first kappa shape index (κ1) is 17.2. The van der Waals surface area contributed by atoms with Gasteiger partial charge in [0.25, 0.3) is 0 Å². The number of halogens is 3. The van der Waals surface area contributed by atoms with E-state index in [1.165, 1.54) is 23.9 Å². The van der Waals surface area contributed by atoms with E-state index in [9.17, 15) is 18.0 Å². The normalized spacial score (nSPS) is 10.6. The molecule has 0 aromatic heterocycles. The molecule has 1 aromatic carbocycles. The lowest BCUT2D eigenvalue weighted by Gasteiger charge is -2.08. The van der Waals surface area contributed by atoms with E-state index in [4.69, 9.17) is 5.11 Å². The molecule has 0 spiro atoms. The Balaban J connectivity index is 0.00000137. The first-order chi connectivity index (χ1) is 8.33. The Bertz CT molecular complexity index is 406. The zero-order chi connectivity index (χ0) is 14.3. The zero-order valence-electron chi connectivity index (χ0n) is 10.0. The second-order valence-electron chi connectivity index (χ2n) is 2.72. The highest BCUT2D eigenvalue weighted by molar-refractivity contribution is 8.00. The van der Waals surface area contributed by atoms with Crippen molar-refractivity contribution < 1.29 is 23.1 Å². The molecular formula is C11H13F3O2S2. The number of hydrogen-bond donors (Lipinski definition) is 1. The van der Waals surface area contributed by atoms with Gasteiger partial charge >= 0.3 is 11.5 Å². The largest absolute Gasteiger partial charge is 0.478 e. The maximum atomic E-state index is 12.1. The van der Waals surface area contributed by atoms with Crippen molar-refractivity contribution in [3.05, 3.63) is 23.8 Å². The van der Waals surface area contributed by atoms with Gasteiger partial charge in [-0.25, -0.2) is 4.79 Å². The third kappa shape index (κ3) is 5.68. The van der Waals surface area contributed by atoms with Crippen LogP contribution in [0.15, 0.2) is 28.0 Å². The molecule has 18 heavy (non-hydrogen) atoms. The molecule has 0 aliphatic rings. The summed E-state index contributed by atoms with van der Waals surface area (Å²) >= 11 is 0.858. The number of alkyl halides is 3. The minimum atomic E-state index is -4.41. The Morgan fingerprint density at radius 3 is 2.22 bits per heavy atom. The summed E-state index contributed by atoms with van der Waals surface area (Å²) < 4.78 is 36.2. The molecule has 0 aliphatic heterocycles. The highest BCUT2D eigenvalue weighted by Gasteiger charge is 2.29. The summed E-state index contributed by atoms with van der Waals surface area (Å²) in [4.78, 5) is 11.1. The maximum Gasteiger partial charge on any atom is 0.446 e. The number of carboxylic acids is 1. The van der Waals surface area contributed by atoms with E-state index in [-0.39, 0.29) is 22.2 Å². The lowest BCUT2D eigenvalue weighted by molar-refractivity contribution is -0.0328. The molecule has 1 N–H and O–H groups in total. The summed E-state index contributed by atoms with van der Waals surface area (Å²) in [7, 11) is 0. The molecule has 0 bridgehead atoms. The molecule has 0 unspecified atom stereocenters. The molecule has 7 heteroatoms. The van der Waals surface area contributed by atoms with Crippen LogP contribution in [0.25, 0.3) is 0 Å². The van der Waals surface area contributed by atoms with Gasteiger partial charge in [0.1, 0.15) is 0 Å². The monoisotopic (exact) mass is 298 g/mol. The van der Waals surface area contributed by atoms with Crippen LogP contribution in [0, 0.1) is 0 Å². The molecule has 2 nitrogen and oxygen atoms in total. The third-order valence-electron chi connectivity index (χ3n) is 1.63. The highest BCUT2D eigenvalue weighted by atomic mass is 32.2. The quantitative estimate of drug-likeness (QED) is 0.817. The van der Waals surface area contributed by atoms with Crippen LogP contribution in [0.2, 0.25) is 0 Å². The summed E-state index contributed by atoms with van der Waals surface area (Å²) in [5, 5.41) is 8.82. The Morgan fingerprint density at radius 1 is 1.28 bits per heavy atom. The van der Waals surface area contributed by atoms with Crippen LogP contribution in [-0.2, 0) is 0 Å². The minimum absolute atomic E-state index is 0.109. The number of benzene rings is 1. The standard InChI is InChI=1S/C9H7F3O2S2.C2H6/c1-15-7-3-2-5(16-9(10,11)12)4-6(7)8(13)14;1-2/h2-4H,1H3,(H,13,14);1-2H3. The minimum Gasteiger partial charge on any atom is -0.478 e. The fourth-order valence-electron chi connectivity index (χ4n) is 1.05. The fourth-order valence-corrected chi connectivity index (χ4v) is 2.20. The predicted octanol–water partition coefficient (Wildman–Crippen LogP) is 4.74. The van der Waals surface area contributed by atoms with E-state index >= 15 is 0 Å². The van der Waals surface area contributed by atoms with E-state index < -0.39 is 11.5 Å². The average molecular weight is 298 g/mol. The molecule has 1 aromatic rings. The van der Waals surface area contributed by atoms with E-state index in [2.05, 4.69) is 0 Å². The number of thioether (sulfide) groups is 2. The first-order valence-corrected chi connectivity index (χ1v) is 7.04. The van der Waals surface area contributed by atoms with Crippen LogP contribution in [0.4, 0.5) is 13.2 Å². The van der Waals surface area contributed by atoms with Gasteiger partial charge in [-0.3, -0.25) is 0 Å². The Morgan fingerprint density at radius 2 is 1.83 bits per heavy atom. The van der Waals surface area contributed by atoms with Crippen LogP contribution in [0.1, 0.15) is 24.2 Å². The van der Waals surface area contributed by atoms with Gasteiger partial charge in [0.15, 0.2) is 0 Å². The van der Waals surface area contributed by atoms with Crippen molar-refractivity contribution in [1.82, 2.24) is 0 Å². The molecular weight excluding hydrogens is 285 g/mol. The summed E-state index contributed by atoms with van der Waals surface area (Å²) in [6.07, 6.45) is 1.67. The lowest BCUT2D eigenvalue weighted by atomic mass is 10.2. The lowest BCUT2D eigenvalue weighted by Crippen LogP contribution is -2.02. The van der Waals surface area contributed by atoms with Gasteiger partial charge in [0, 0.05) is 9.79 Å². The molecule has 0 fully saturated rings. The van der Waals surface area contributed by atoms with Gasteiger partial charge < -0.3 is 5.11 Å². The smallest absolute Gasteiger partial charge is 0.446 e. The molecule has 0 atom stereocenters. The van der Waals surface area contributed by atoms with Crippen molar-refractivity contribution in [1.29, 1.82) is 0 Å². The van der Waals surface area contributed by atoms with Gasteiger partial charge in [-0.15, -0.1) is 11.8 Å². The molecule has 0 heterocycles. The van der Waals surface area contributed by atoms with E-state index in [1.54, 1.807) is 6.26 Å². The summed E-state index contributed by atoms with van der Waals surface area (Å²) in [6, 6.07) is 3.67. The summed E-state index contributed by atoms with van der Waals surface area (Å²) in [5.41, 5.74) is -4.52. The number of hydrogen-bond acceptors (Lipinski definition) is 3. The number of carboxylic acid groups (broad SMARTS) is 1. The highest BCUT2D eigenvalue weighted by Crippen LogP contribution is 2.38. The zero-order valence-corrected chi connectivity index (χ0v) is 11.7. The number of aromatic carboxylic acids is 1. The molecule has 0 aliphatic carbocycles. The summed E-state index contributed by atoms with van der Waals surface area (Å²) in [5.74, 6) is -1.23. The first-order valence-electron chi connectivity index (χ1n) is 5.00. The fraction of sp³-hybridized carbons (Fsp3) is 0.364. The molecule has 0 radical (unpaired) electrons. The Kier molecular flexibility index (Phi) is 7.23. The maximum absolute atomic E-state index is 12.1. The van der Waals surface area contributed by atoms with Crippen molar-refractivity contribution in [2.24, 2.45) is 0 Å². The van der Waals surface area contributed by atoms with Gasteiger partial charge in [0.05, 0.1) is 5.56 Å². The van der Waals surface area contributed by atoms with E-state index in [0.717, 1.165) is 6.07 Å². The Labute approximate surface area is 112 Å². The van der Waals surface area contributed by atoms with Crippen LogP contribution >= 0.6 is 23.5 Å². The van der Waals surface area contributed by atoms with Crippen molar-refractivity contribution >= 4 is 29.5 Å². The van der Waals surface area contributed by atoms with Crippen molar-refractivity contribution in [2.45, 2.75) is 29.1 Å². The molecule has 0 amide bonds.